The highest BCUT2D eigenvalue weighted by molar-refractivity contribution is 5.97. The van der Waals surface area contributed by atoms with E-state index in [1.54, 1.807) is 24.3 Å². The van der Waals surface area contributed by atoms with Gasteiger partial charge in [-0.1, -0.05) is 20.3 Å². The van der Waals surface area contributed by atoms with Crippen molar-refractivity contribution >= 4 is 17.4 Å². The molecule has 1 unspecified atom stereocenters. The van der Waals surface area contributed by atoms with Gasteiger partial charge in [-0.2, -0.15) is 0 Å². The molecule has 1 amide bonds. The number of carbonyl (C=O) groups is 2. The zero-order chi connectivity index (χ0) is 12.8. The van der Waals surface area contributed by atoms with Crippen molar-refractivity contribution in [3.05, 3.63) is 29.8 Å². The second-order valence-corrected chi connectivity index (χ2v) is 4.40. The fourth-order valence-corrected chi connectivity index (χ4v) is 1.52. The van der Waals surface area contributed by atoms with Gasteiger partial charge >= 0.3 is 0 Å². The molecule has 1 N–H and O–H groups in total. The van der Waals surface area contributed by atoms with Crippen LogP contribution in [0.4, 0.5) is 5.69 Å². The van der Waals surface area contributed by atoms with Crippen LogP contribution in [-0.2, 0) is 4.79 Å². The van der Waals surface area contributed by atoms with Crippen LogP contribution in [-0.4, -0.2) is 11.7 Å². The Kier molecular flexibility index (Phi) is 4.88. The molecule has 0 aliphatic rings. The van der Waals surface area contributed by atoms with E-state index < -0.39 is 0 Å². The first kappa shape index (κ1) is 13.4. The molecule has 92 valence electrons. The lowest BCUT2D eigenvalue weighted by atomic mass is 9.98. The third-order valence-corrected chi connectivity index (χ3v) is 2.76. The van der Waals surface area contributed by atoms with Crippen LogP contribution in [0.5, 0.6) is 0 Å². The molecule has 0 radical (unpaired) electrons. The lowest BCUT2D eigenvalue weighted by molar-refractivity contribution is -0.114. The van der Waals surface area contributed by atoms with Crippen LogP contribution in [0.25, 0.3) is 0 Å². The van der Waals surface area contributed by atoms with E-state index >= 15 is 0 Å². The molecule has 0 aliphatic carbocycles. The summed E-state index contributed by atoms with van der Waals surface area (Å²) in [6, 6.07) is 7.03. The highest BCUT2D eigenvalue weighted by atomic mass is 16.1. The van der Waals surface area contributed by atoms with Crippen molar-refractivity contribution in [2.45, 2.75) is 33.6 Å². The van der Waals surface area contributed by atoms with E-state index in [2.05, 4.69) is 19.2 Å². The van der Waals surface area contributed by atoms with Crippen molar-refractivity contribution in [2.75, 3.05) is 5.32 Å². The molecule has 0 fully saturated rings. The lowest BCUT2D eigenvalue weighted by Crippen LogP contribution is -2.07. The van der Waals surface area contributed by atoms with Crippen molar-refractivity contribution < 1.29 is 9.59 Å². The Balaban J connectivity index is 2.67. The molecule has 3 heteroatoms. The third-order valence-electron chi connectivity index (χ3n) is 2.76. The maximum atomic E-state index is 11.9. The number of anilines is 1. The van der Waals surface area contributed by atoms with E-state index in [1.165, 1.54) is 6.92 Å². The molecular weight excluding hydrogens is 214 g/mol. The molecule has 0 saturated carbocycles. The molecule has 0 saturated heterocycles. The van der Waals surface area contributed by atoms with Gasteiger partial charge in [-0.05, 0) is 30.2 Å². The zero-order valence-corrected chi connectivity index (χ0v) is 10.6. The van der Waals surface area contributed by atoms with E-state index in [0.717, 1.165) is 12.1 Å². The second kappa shape index (κ2) is 6.18. The molecule has 1 rings (SSSR count). The summed E-state index contributed by atoms with van der Waals surface area (Å²) in [5, 5.41) is 2.67. The summed E-state index contributed by atoms with van der Waals surface area (Å²) in [6.07, 6.45) is 1.59. The van der Waals surface area contributed by atoms with Crippen molar-refractivity contribution in [3.8, 4) is 0 Å². The Labute approximate surface area is 102 Å². The van der Waals surface area contributed by atoms with Gasteiger partial charge in [0.2, 0.25) is 5.91 Å². The van der Waals surface area contributed by atoms with Crippen LogP contribution in [0.1, 0.15) is 44.0 Å². The predicted molar refractivity (Wildman–Crippen MR) is 69.1 cm³/mol. The fraction of sp³-hybridized carbons (Fsp3) is 0.429. The number of rotatable bonds is 5. The van der Waals surface area contributed by atoms with Gasteiger partial charge in [-0.15, -0.1) is 0 Å². The van der Waals surface area contributed by atoms with Crippen LogP contribution in [0.3, 0.4) is 0 Å². The zero-order valence-electron chi connectivity index (χ0n) is 10.6. The van der Waals surface area contributed by atoms with Crippen LogP contribution >= 0.6 is 0 Å². The lowest BCUT2D eigenvalue weighted by Gasteiger charge is -2.08. The molecule has 0 heterocycles. The molecule has 1 aromatic carbocycles. The Morgan fingerprint density at radius 1 is 1.24 bits per heavy atom. The number of hydrogen-bond acceptors (Lipinski definition) is 2. The maximum Gasteiger partial charge on any atom is 0.221 e. The molecule has 1 aromatic rings. The molecule has 3 nitrogen and oxygen atoms in total. The van der Waals surface area contributed by atoms with E-state index in [4.69, 9.17) is 0 Å². The van der Waals surface area contributed by atoms with Gasteiger partial charge < -0.3 is 5.32 Å². The first-order valence-corrected chi connectivity index (χ1v) is 5.93. The topological polar surface area (TPSA) is 46.2 Å². The number of ketones is 1. The summed E-state index contributed by atoms with van der Waals surface area (Å²) >= 11 is 0. The summed E-state index contributed by atoms with van der Waals surface area (Å²) in [5.74, 6) is 0.468. The van der Waals surface area contributed by atoms with Crippen molar-refractivity contribution in [1.82, 2.24) is 0 Å². The summed E-state index contributed by atoms with van der Waals surface area (Å²) in [6.45, 7) is 5.61. The summed E-state index contributed by atoms with van der Waals surface area (Å²) in [5.41, 5.74) is 1.43. The van der Waals surface area contributed by atoms with Crippen LogP contribution in [0.2, 0.25) is 0 Å². The van der Waals surface area contributed by atoms with E-state index in [-0.39, 0.29) is 11.7 Å². The minimum Gasteiger partial charge on any atom is -0.326 e. The average Bonchev–Trinajstić information content (AvgIpc) is 2.28. The monoisotopic (exact) mass is 233 g/mol. The summed E-state index contributed by atoms with van der Waals surface area (Å²) in [7, 11) is 0. The maximum absolute atomic E-state index is 11.9. The number of hydrogen-bond donors (Lipinski definition) is 1. The molecule has 17 heavy (non-hydrogen) atoms. The highest BCUT2D eigenvalue weighted by Crippen LogP contribution is 2.15. The Bertz CT molecular complexity index is 395. The average molecular weight is 233 g/mol. The molecule has 1 atom stereocenters. The van der Waals surface area contributed by atoms with Gasteiger partial charge in [0.1, 0.15) is 0 Å². The van der Waals surface area contributed by atoms with Gasteiger partial charge in [0.05, 0.1) is 0 Å². The summed E-state index contributed by atoms with van der Waals surface area (Å²) in [4.78, 5) is 22.7. The van der Waals surface area contributed by atoms with E-state index in [0.29, 0.717) is 17.9 Å². The van der Waals surface area contributed by atoms with Gasteiger partial charge in [-0.3, -0.25) is 9.59 Å². The predicted octanol–water partition coefficient (Wildman–Crippen LogP) is 3.26. The minimum atomic E-state index is -0.108. The Morgan fingerprint density at radius 2 is 1.82 bits per heavy atom. The van der Waals surface area contributed by atoms with Gasteiger partial charge in [0.25, 0.3) is 0 Å². The molecule has 0 bridgehead atoms. The number of Topliss-reactive ketones (excluding diaryl/α,β-unsaturated/α-hetero) is 1. The second-order valence-electron chi connectivity index (χ2n) is 4.40. The normalized spacial score (nSPS) is 11.9. The molecule has 0 spiro atoms. The van der Waals surface area contributed by atoms with Crippen molar-refractivity contribution in [2.24, 2.45) is 5.92 Å². The highest BCUT2D eigenvalue weighted by Gasteiger charge is 2.09. The number of amides is 1. The first-order valence-electron chi connectivity index (χ1n) is 5.93. The molecule has 0 aromatic heterocycles. The van der Waals surface area contributed by atoms with Gasteiger partial charge in [-0.25, -0.2) is 0 Å². The van der Waals surface area contributed by atoms with Crippen LogP contribution in [0, 0.1) is 5.92 Å². The van der Waals surface area contributed by atoms with E-state index in [1.807, 2.05) is 0 Å². The van der Waals surface area contributed by atoms with Crippen LogP contribution < -0.4 is 5.32 Å². The smallest absolute Gasteiger partial charge is 0.221 e. The number of benzene rings is 1. The quantitative estimate of drug-likeness (QED) is 0.793. The largest absolute Gasteiger partial charge is 0.326 e. The SMILES string of the molecule is CCC(C)CC(=O)c1ccc(NC(C)=O)cc1. The van der Waals surface area contributed by atoms with Crippen LogP contribution in [0.15, 0.2) is 24.3 Å². The molecule has 0 aliphatic heterocycles. The fourth-order valence-electron chi connectivity index (χ4n) is 1.52. The van der Waals surface area contributed by atoms with Gasteiger partial charge in [0, 0.05) is 24.6 Å². The van der Waals surface area contributed by atoms with Gasteiger partial charge in [0.15, 0.2) is 5.78 Å². The van der Waals surface area contributed by atoms with Crippen molar-refractivity contribution in [3.63, 3.8) is 0 Å². The molecular formula is C14H19NO2. The van der Waals surface area contributed by atoms with E-state index in [9.17, 15) is 9.59 Å². The number of carbonyl (C=O) groups excluding carboxylic acids is 2. The third kappa shape index (κ3) is 4.39. The van der Waals surface area contributed by atoms with Crippen molar-refractivity contribution in [1.29, 1.82) is 0 Å². The number of nitrogens with one attached hydrogen (secondary N) is 1. The Morgan fingerprint density at radius 3 is 2.29 bits per heavy atom. The Hall–Kier alpha value is -1.64. The standard InChI is InChI=1S/C14H19NO2/c1-4-10(2)9-14(17)12-5-7-13(8-6-12)15-11(3)16/h5-8,10H,4,9H2,1-3H3,(H,15,16). The minimum absolute atomic E-state index is 0.108. The summed E-state index contributed by atoms with van der Waals surface area (Å²) < 4.78 is 0. The first-order chi connectivity index (χ1) is 8.02.